The van der Waals surface area contributed by atoms with Gasteiger partial charge in [0.05, 0.1) is 11.5 Å². The molecule has 1 fully saturated rings. The Morgan fingerprint density at radius 3 is 2.39 bits per heavy atom. The molecule has 1 aliphatic rings. The van der Waals surface area contributed by atoms with Crippen LogP contribution in [0.4, 0.5) is 10.5 Å². The highest BCUT2D eigenvalue weighted by atomic mass is 16.7. The first kappa shape index (κ1) is 17.2. The average molecular weight is 322 g/mol. The molecular weight excluding hydrogens is 300 g/mol. The van der Waals surface area contributed by atoms with Crippen molar-refractivity contribution in [1.29, 1.82) is 0 Å². The maximum absolute atomic E-state index is 12.2. The number of nitro benzene ring substituents is 1. The van der Waals surface area contributed by atoms with Crippen LogP contribution < -0.4 is 0 Å². The number of nitro groups is 1. The highest BCUT2D eigenvalue weighted by Crippen LogP contribution is 2.30. The van der Waals surface area contributed by atoms with E-state index in [-0.39, 0.29) is 12.3 Å². The Morgan fingerprint density at radius 1 is 1.30 bits per heavy atom. The van der Waals surface area contributed by atoms with E-state index in [9.17, 15) is 14.9 Å². The maximum Gasteiger partial charge on any atom is 0.434 e. The first-order valence-electron chi connectivity index (χ1n) is 7.61. The van der Waals surface area contributed by atoms with Crippen LogP contribution in [0.3, 0.4) is 0 Å². The molecule has 1 aromatic rings. The van der Waals surface area contributed by atoms with E-state index in [2.05, 4.69) is 0 Å². The van der Waals surface area contributed by atoms with E-state index in [0.717, 1.165) is 18.4 Å². The largest absolute Gasteiger partial charge is 0.442 e. The van der Waals surface area contributed by atoms with Gasteiger partial charge in [-0.1, -0.05) is 0 Å². The van der Waals surface area contributed by atoms with E-state index in [1.165, 1.54) is 17.2 Å². The molecule has 1 aliphatic carbocycles. The van der Waals surface area contributed by atoms with Gasteiger partial charge >= 0.3 is 6.09 Å². The highest BCUT2D eigenvalue weighted by Gasteiger charge is 2.30. The lowest BCUT2D eigenvalue weighted by atomic mass is 10.2. The van der Waals surface area contributed by atoms with Crippen LogP contribution in [-0.2, 0) is 16.2 Å². The number of amides is 1. The number of hydrogen-bond donors (Lipinski definition) is 0. The van der Waals surface area contributed by atoms with E-state index >= 15 is 0 Å². The zero-order valence-corrected chi connectivity index (χ0v) is 13.7. The summed E-state index contributed by atoms with van der Waals surface area (Å²) >= 11 is 0. The summed E-state index contributed by atoms with van der Waals surface area (Å²) in [5, 5.41) is 11.9. The minimum Gasteiger partial charge on any atom is -0.442 e. The molecule has 0 spiro atoms. The van der Waals surface area contributed by atoms with Crippen molar-refractivity contribution in [3.05, 3.63) is 39.9 Å². The third kappa shape index (κ3) is 5.86. The van der Waals surface area contributed by atoms with Crippen molar-refractivity contribution >= 4 is 11.8 Å². The Labute approximate surface area is 135 Å². The van der Waals surface area contributed by atoms with E-state index in [1.54, 1.807) is 32.9 Å². The number of hydroxylamine groups is 2. The van der Waals surface area contributed by atoms with Gasteiger partial charge in [0.2, 0.25) is 0 Å². The fourth-order valence-electron chi connectivity index (χ4n) is 1.89. The van der Waals surface area contributed by atoms with Gasteiger partial charge in [-0.3, -0.25) is 15.0 Å². The molecular formula is C16H22N2O5. The second kappa shape index (κ2) is 6.95. The summed E-state index contributed by atoms with van der Waals surface area (Å²) in [6, 6.07) is 6.06. The van der Waals surface area contributed by atoms with Gasteiger partial charge in [-0.2, -0.15) is 5.06 Å². The first-order chi connectivity index (χ1) is 10.7. The topological polar surface area (TPSA) is 81.9 Å². The summed E-state index contributed by atoms with van der Waals surface area (Å²) in [5.41, 5.74) is 0.186. The van der Waals surface area contributed by atoms with Crippen molar-refractivity contribution < 1.29 is 19.3 Å². The van der Waals surface area contributed by atoms with Gasteiger partial charge in [0.1, 0.15) is 12.2 Å². The number of non-ortho nitro benzene ring substituents is 1. The van der Waals surface area contributed by atoms with Crippen molar-refractivity contribution in [2.45, 2.75) is 45.8 Å². The zero-order chi connectivity index (χ0) is 17.0. The molecule has 7 nitrogen and oxygen atoms in total. The number of hydrogen-bond acceptors (Lipinski definition) is 5. The quantitative estimate of drug-likeness (QED) is 0.589. The molecule has 2 rings (SSSR count). The van der Waals surface area contributed by atoms with Gasteiger partial charge in [0.15, 0.2) is 0 Å². The summed E-state index contributed by atoms with van der Waals surface area (Å²) in [7, 11) is 0. The Kier molecular flexibility index (Phi) is 5.20. The molecule has 0 saturated heterocycles. The molecule has 126 valence electrons. The molecule has 23 heavy (non-hydrogen) atoms. The van der Waals surface area contributed by atoms with Gasteiger partial charge in [-0.25, -0.2) is 4.79 Å². The van der Waals surface area contributed by atoms with Crippen molar-refractivity contribution in [1.82, 2.24) is 5.06 Å². The van der Waals surface area contributed by atoms with Crippen LogP contribution in [0.2, 0.25) is 0 Å². The fraction of sp³-hybridized carbons (Fsp3) is 0.562. The average Bonchev–Trinajstić information content (AvgIpc) is 3.26. The molecule has 0 bridgehead atoms. The first-order valence-corrected chi connectivity index (χ1v) is 7.61. The van der Waals surface area contributed by atoms with Crippen LogP contribution in [0.15, 0.2) is 24.3 Å². The van der Waals surface area contributed by atoms with Crippen LogP contribution in [0.5, 0.6) is 0 Å². The molecule has 0 unspecified atom stereocenters. The number of nitrogens with zero attached hydrogens (tertiary/aromatic N) is 2. The normalized spacial score (nSPS) is 14.4. The van der Waals surface area contributed by atoms with Gasteiger partial charge in [-0.05, 0) is 57.2 Å². The summed E-state index contributed by atoms with van der Waals surface area (Å²) in [6.45, 7) is 6.06. The van der Waals surface area contributed by atoms with E-state index in [0.29, 0.717) is 12.5 Å². The van der Waals surface area contributed by atoms with Crippen molar-refractivity contribution in [2.75, 3.05) is 6.54 Å². The molecule has 1 aromatic carbocycles. The molecule has 0 radical (unpaired) electrons. The number of ether oxygens (including phenoxy) is 1. The van der Waals surface area contributed by atoms with Crippen molar-refractivity contribution in [3.63, 3.8) is 0 Å². The maximum atomic E-state index is 12.2. The van der Waals surface area contributed by atoms with Gasteiger partial charge in [0.25, 0.3) is 5.69 Å². The Morgan fingerprint density at radius 2 is 1.91 bits per heavy atom. The van der Waals surface area contributed by atoms with Crippen LogP contribution >= 0.6 is 0 Å². The van der Waals surface area contributed by atoms with E-state index in [4.69, 9.17) is 9.57 Å². The number of carbonyl (C=O) groups is 1. The molecule has 0 aromatic heterocycles. The second-order valence-electron chi connectivity index (χ2n) is 6.68. The minimum absolute atomic E-state index is 0.0238. The molecule has 7 heteroatoms. The van der Waals surface area contributed by atoms with Crippen LogP contribution in [0, 0.1) is 16.0 Å². The van der Waals surface area contributed by atoms with Crippen LogP contribution in [0.1, 0.15) is 39.2 Å². The standard InChI is InChI=1S/C16H22N2O5/c1-16(2,3)23-15(19)17(10-12-4-5-12)22-11-13-6-8-14(9-7-13)18(20)21/h6-9,12H,4-5,10-11H2,1-3H3. The SMILES string of the molecule is CC(C)(C)OC(=O)N(CC1CC1)OCc1ccc([N+](=O)[O-])cc1. The molecule has 0 N–H and O–H groups in total. The Bertz CT molecular complexity index is 561. The summed E-state index contributed by atoms with van der Waals surface area (Å²) in [6.07, 6.45) is 1.66. The highest BCUT2D eigenvalue weighted by molar-refractivity contribution is 5.66. The predicted molar refractivity (Wildman–Crippen MR) is 83.5 cm³/mol. The third-order valence-corrected chi connectivity index (χ3v) is 3.25. The Balaban J connectivity index is 1.94. The zero-order valence-electron chi connectivity index (χ0n) is 13.7. The van der Waals surface area contributed by atoms with Gasteiger partial charge in [-0.15, -0.1) is 0 Å². The van der Waals surface area contributed by atoms with Crippen molar-refractivity contribution in [3.8, 4) is 0 Å². The number of rotatable bonds is 6. The lowest BCUT2D eigenvalue weighted by Gasteiger charge is -2.26. The van der Waals surface area contributed by atoms with E-state index in [1.807, 2.05) is 0 Å². The minimum atomic E-state index is -0.588. The van der Waals surface area contributed by atoms with Crippen molar-refractivity contribution in [2.24, 2.45) is 5.92 Å². The fourth-order valence-corrected chi connectivity index (χ4v) is 1.89. The summed E-state index contributed by atoms with van der Waals surface area (Å²) in [4.78, 5) is 27.9. The summed E-state index contributed by atoms with van der Waals surface area (Å²) in [5.74, 6) is 0.458. The third-order valence-electron chi connectivity index (χ3n) is 3.25. The predicted octanol–water partition coefficient (Wildman–Crippen LogP) is 3.67. The lowest BCUT2D eigenvalue weighted by molar-refractivity contribution is -0.384. The summed E-state index contributed by atoms with van der Waals surface area (Å²) < 4.78 is 5.34. The second-order valence-corrected chi connectivity index (χ2v) is 6.68. The molecule has 0 atom stereocenters. The monoisotopic (exact) mass is 322 g/mol. The van der Waals surface area contributed by atoms with Crippen LogP contribution in [0.25, 0.3) is 0 Å². The molecule has 0 aliphatic heterocycles. The number of carbonyl (C=O) groups excluding carboxylic acids is 1. The smallest absolute Gasteiger partial charge is 0.434 e. The van der Waals surface area contributed by atoms with E-state index < -0.39 is 16.6 Å². The lowest BCUT2D eigenvalue weighted by Crippen LogP contribution is -2.38. The van der Waals surface area contributed by atoms with Crippen LogP contribution in [-0.4, -0.2) is 28.2 Å². The molecule has 0 heterocycles. The van der Waals surface area contributed by atoms with Gasteiger partial charge in [0, 0.05) is 12.1 Å². The molecule has 1 saturated carbocycles. The molecule has 1 amide bonds. The Hall–Kier alpha value is -2.15. The van der Waals surface area contributed by atoms with Gasteiger partial charge < -0.3 is 4.74 Å². The number of benzene rings is 1.